The normalized spacial score (nSPS) is 23.9. The van der Waals surface area contributed by atoms with Gasteiger partial charge in [0.1, 0.15) is 30.6 Å². The van der Waals surface area contributed by atoms with E-state index in [0.29, 0.717) is 0 Å². The molecule has 36 heavy (non-hydrogen) atoms. The number of amides is 1. The molecule has 0 spiro atoms. The zero-order valence-electron chi connectivity index (χ0n) is 18.2. The first-order valence-corrected chi connectivity index (χ1v) is 11.7. The third-order valence-corrected chi connectivity index (χ3v) is 6.40. The lowest BCUT2D eigenvalue weighted by Crippen LogP contribution is -2.61. The first-order valence-electron chi connectivity index (χ1n) is 10.2. The van der Waals surface area contributed by atoms with Crippen LogP contribution in [0.2, 0.25) is 0 Å². The molecule has 0 aromatic heterocycles. The molecule has 1 heterocycles. The van der Waals surface area contributed by atoms with Crippen molar-refractivity contribution in [2.45, 2.75) is 35.6 Å². The molecule has 7 N–H and O–H groups in total. The molecule has 0 unspecified atom stereocenters. The monoisotopic (exact) mass is 526 g/mol. The second-order valence-electron chi connectivity index (χ2n) is 7.55. The van der Waals surface area contributed by atoms with Crippen LogP contribution in [0, 0.1) is 0 Å². The van der Waals surface area contributed by atoms with Crippen LogP contribution >= 0.6 is 0 Å². The van der Waals surface area contributed by atoms with Crippen molar-refractivity contribution in [3.8, 4) is 5.75 Å². The second-order valence-corrected chi connectivity index (χ2v) is 9.23. The van der Waals surface area contributed by atoms with Crippen molar-refractivity contribution < 1.29 is 57.8 Å². The maximum absolute atomic E-state index is 12.8. The minimum Gasteiger partial charge on any atom is -0.480 e. The fourth-order valence-electron chi connectivity index (χ4n) is 3.21. The van der Waals surface area contributed by atoms with Gasteiger partial charge < -0.3 is 40.3 Å². The number of hydrogen-bond donors (Lipinski definition) is 7. The predicted molar refractivity (Wildman–Crippen MR) is 119 cm³/mol. The molecule has 0 aliphatic carbocycles. The zero-order chi connectivity index (χ0) is 26.6. The largest absolute Gasteiger partial charge is 0.480 e. The average molecular weight is 526 g/mol. The quantitative estimate of drug-likeness (QED) is 0.199. The molecule has 0 bridgehead atoms. The summed E-state index contributed by atoms with van der Waals surface area (Å²) in [5, 5.41) is 49.6. The molecule has 194 valence electrons. The summed E-state index contributed by atoms with van der Waals surface area (Å²) in [5.74, 6) is -3.73. The van der Waals surface area contributed by atoms with Gasteiger partial charge in [-0.25, -0.2) is 13.2 Å². The van der Waals surface area contributed by atoms with E-state index < -0.39 is 65.1 Å². The summed E-state index contributed by atoms with van der Waals surface area (Å²) in [6.07, 6.45) is -9.12. The molecule has 14 nitrogen and oxygen atoms in total. The van der Waals surface area contributed by atoms with Crippen LogP contribution in [0.5, 0.6) is 5.75 Å². The Labute approximate surface area is 203 Å². The molecule has 2 aromatic rings. The topological polar surface area (TPSA) is 229 Å². The Kier molecular flexibility index (Phi) is 8.11. The molecule has 3 rings (SSSR count). The standard InChI is InChI=1S/C21H22N2O12S/c24-14(25)9-22-19(29)12-3-1-2-4-13(12)23-36(32,33)11-7-5-10(6-8-11)34-21-17(28)15(26)16(27)18(35-21)20(30)31/h1-8,15-18,21,23,26-28H,9H2,(H,22,29)(H,24,25)(H,30,31)/t15-,16-,17+,18-,21+/m0/s1. The van der Waals surface area contributed by atoms with Crippen molar-refractivity contribution in [1.82, 2.24) is 5.32 Å². The Morgan fingerprint density at radius 3 is 2.17 bits per heavy atom. The highest BCUT2D eigenvalue weighted by Crippen LogP contribution is 2.26. The van der Waals surface area contributed by atoms with Crippen LogP contribution in [0.1, 0.15) is 10.4 Å². The maximum Gasteiger partial charge on any atom is 0.335 e. The van der Waals surface area contributed by atoms with Crippen molar-refractivity contribution in [2.75, 3.05) is 11.3 Å². The first kappa shape index (κ1) is 26.8. The summed E-state index contributed by atoms with van der Waals surface area (Å²) in [4.78, 5) is 33.8. The molecule has 0 saturated carbocycles. The Morgan fingerprint density at radius 2 is 1.56 bits per heavy atom. The highest BCUT2D eigenvalue weighted by atomic mass is 32.2. The van der Waals surface area contributed by atoms with E-state index in [1.54, 1.807) is 0 Å². The Balaban J connectivity index is 1.74. The molecule has 15 heteroatoms. The molecule has 1 fully saturated rings. The van der Waals surface area contributed by atoms with E-state index >= 15 is 0 Å². The summed E-state index contributed by atoms with van der Waals surface area (Å²) in [5.41, 5.74) is -0.217. The Bertz CT molecular complexity index is 1230. The Morgan fingerprint density at radius 1 is 0.917 bits per heavy atom. The minimum atomic E-state index is -4.23. The second kappa shape index (κ2) is 10.9. The van der Waals surface area contributed by atoms with E-state index in [9.17, 15) is 38.1 Å². The van der Waals surface area contributed by atoms with Crippen LogP contribution in [-0.4, -0.2) is 89.0 Å². The van der Waals surface area contributed by atoms with Crippen molar-refractivity contribution >= 4 is 33.6 Å². The van der Waals surface area contributed by atoms with Crippen molar-refractivity contribution in [1.29, 1.82) is 0 Å². The van der Waals surface area contributed by atoms with Crippen LogP contribution in [0.4, 0.5) is 5.69 Å². The Hall–Kier alpha value is -3.76. The van der Waals surface area contributed by atoms with Gasteiger partial charge in [-0.15, -0.1) is 0 Å². The summed E-state index contributed by atoms with van der Waals surface area (Å²) in [6, 6.07) is 10.1. The third kappa shape index (κ3) is 6.07. The summed E-state index contributed by atoms with van der Waals surface area (Å²) >= 11 is 0. The van der Waals surface area contributed by atoms with E-state index in [1.165, 1.54) is 36.4 Å². The lowest BCUT2D eigenvalue weighted by Gasteiger charge is -2.38. The molecular formula is C21H22N2O12S. The average Bonchev–Trinajstić information content (AvgIpc) is 2.83. The summed E-state index contributed by atoms with van der Waals surface area (Å²) in [6.45, 7) is -0.663. The van der Waals surface area contributed by atoms with Gasteiger partial charge in [-0.3, -0.25) is 14.3 Å². The molecule has 1 aliphatic rings. The predicted octanol–water partition coefficient (Wildman–Crippen LogP) is -1.43. The molecule has 2 aromatic carbocycles. The van der Waals surface area contributed by atoms with E-state index in [2.05, 4.69) is 10.0 Å². The number of carboxylic acid groups (broad SMARTS) is 2. The van der Waals surface area contributed by atoms with Gasteiger partial charge in [0, 0.05) is 0 Å². The van der Waals surface area contributed by atoms with Crippen molar-refractivity contribution in [2.24, 2.45) is 0 Å². The molecule has 1 aliphatic heterocycles. The highest BCUT2D eigenvalue weighted by Gasteiger charge is 2.48. The molecule has 1 saturated heterocycles. The fraction of sp³-hybridized carbons (Fsp3) is 0.286. The van der Waals surface area contributed by atoms with Gasteiger partial charge >= 0.3 is 11.9 Å². The van der Waals surface area contributed by atoms with Gasteiger partial charge in [-0.1, -0.05) is 12.1 Å². The number of benzene rings is 2. The zero-order valence-corrected chi connectivity index (χ0v) is 19.0. The van der Waals surface area contributed by atoms with Gasteiger partial charge in [0.2, 0.25) is 6.29 Å². The summed E-state index contributed by atoms with van der Waals surface area (Å²) in [7, 11) is -4.23. The highest BCUT2D eigenvalue weighted by molar-refractivity contribution is 7.92. The van der Waals surface area contributed by atoms with Crippen molar-refractivity contribution in [3.63, 3.8) is 0 Å². The van der Waals surface area contributed by atoms with Crippen LogP contribution in [0.15, 0.2) is 53.4 Å². The molecular weight excluding hydrogens is 504 g/mol. The number of nitrogens with one attached hydrogen (secondary N) is 2. The lowest BCUT2D eigenvalue weighted by molar-refractivity contribution is -0.271. The number of aliphatic hydroxyl groups excluding tert-OH is 3. The third-order valence-electron chi connectivity index (χ3n) is 5.02. The van der Waals surface area contributed by atoms with Gasteiger partial charge in [-0.05, 0) is 36.4 Å². The van der Waals surface area contributed by atoms with Gasteiger partial charge in [0.05, 0.1) is 16.1 Å². The molecule has 5 atom stereocenters. The number of anilines is 1. The maximum atomic E-state index is 12.8. The number of aliphatic carboxylic acids is 2. The van der Waals surface area contributed by atoms with E-state index in [4.69, 9.17) is 19.7 Å². The number of carbonyl (C=O) groups is 3. The molecule has 1 amide bonds. The van der Waals surface area contributed by atoms with Crippen molar-refractivity contribution in [3.05, 3.63) is 54.1 Å². The smallest absolute Gasteiger partial charge is 0.335 e. The van der Waals surface area contributed by atoms with Crippen LogP contribution in [0.3, 0.4) is 0 Å². The summed E-state index contributed by atoms with van der Waals surface area (Å²) < 4.78 is 38.2. The van der Waals surface area contributed by atoms with Gasteiger partial charge in [-0.2, -0.15) is 0 Å². The van der Waals surface area contributed by atoms with E-state index in [-0.39, 0.29) is 21.9 Å². The number of aliphatic hydroxyl groups is 3. The fourth-order valence-corrected chi connectivity index (χ4v) is 4.29. The number of para-hydroxylation sites is 1. The number of carbonyl (C=O) groups excluding carboxylic acids is 1. The first-order chi connectivity index (χ1) is 16.9. The minimum absolute atomic E-state index is 0.0563. The number of hydrogen-bond acceptors (Lipinski definition) is 10. The van der Waals surface area contributed by atoms with E-state index in [0.717, 1.165) is 12.1 Å². The van der Waals surface area contributed by atoms with Gasteiger partial charge in [0.15, 0.2) is 6.10 Å². The van der Waals surface area contributed by atoms with Gasteiger partial charge in [0.25, 0.3) is 15.9 Å². The van der Waals surface area contributed by atoms with E-state index in [1.807, 2.05) is 0 Å². The lowest BCUT2D eigenvalue weighted by atomic mass is 9.99. The number of sulfonamides is 1. The number of carboxylic acids is 2. The number of rotatable bonds is 9. The SMILES string of the molecule is O=C(O)CNC(=O)c1ccccc1NS(=O)(=O)c1ccc(O[C@@H]2O[C@H](C(=O)O)[C@@H](O)[C@H](O)[C@H]2O)cc1. The van der Waals surface area contributed by atoms with Crippen LogP contribution in [-0.2, 0) is 24.3 Å². The number of ether oxygens (including phenoxy) is 2. The molecule has 0 radical (unpaired) electrons. The van der Waals surface area contributed by atoms with Crippen LogP contribution in [0.25, 0.3) is 0 Å². The van der Waals surface area contributed by atoms with Crippen LogP contribution < -0.4 is 14.8 Å².